The van der Waals surface area contributed by atoms with Crippen molar-refractivity contribution in [3.05, 3.63) is 29.0 Å². The van der Waals surface area contributed by atoms with E-state index in [2.05, 4.69) is 17.6 Å². The maximum absolute atomic E-state index is 13.6. The summed E-state index contributed by atoms with van der Waals surface area (Å²) in [5, 5.41) is 6.25. The number of rotatable bonds is 4. The molecule has 1 aromatic rings. The predicted octanol–water partition coefficient (Wildman–Crippen LogP) is 3.44. The summed E-state index contributed by atoms with van der Waals surface area (Å²) in [7, 11) is 0. The molecule has 1 amide bonds. The molecule has 20 heavy (non-hydrogen) atoms. The Morgan fingerprint density at radius 1 is 1.50 bits per heavy atom. The lowest BCUT2D eigenvalue weighted by Crippen LogP contribution is -2.32. The number of amides is 1. The van der Waals surface area contributed by atoms with Gasteiger partial charge in [0.25, 0.3) is 0 Å². The standard InChI is InChI=1S/C15H20ClFN2O/c1-10(11-4-6-18-7-5-11)8-15(20)19-14-3-2-12(16)9-13(14)17/h2-3,9-11,18H,4-8H2,1H3,(H,19,20). The van der Waals surface area contributed by atoms with E-state index in [0.717, 1.165) is 25.9 Å². The number of piperidine rings is 1. The highest BCUT2D eigenvalue weighted by Gasteiger charge is 2.22. The van der Waals surface area contributed by atoms with Crippen LogP contribution in [0.5, 0.6) is 0 Å². The van der Waals surface area contributed by atoms with Crippen molar-refractivity contribution >= 4 is 23.2 Å². The van der Waals surface area contributed by atoms with Crippen molar-refractivity contribution in [2.45, 2.75) is 26.2 Å². The summed E-state index contributed by atoms with van der Waals surface area (Å²) in [4.78, 5) is 12.0. The molecular weight excluding hydrogens is 279 g/mol. The number of anilines is 1. The Bertz CT molecular complexity index is 475. The second kappa shape index (κ2) is 7.04. The second-order valence-electron chi connectivity index (χ2n) is 5.44. The van der Waals surface area contributed by atoms with Crippen LogP contribution >= 0.6 is 11.6 Å². The van der Waals surface area contributed by atoms with E-state index in [1.807, 2.05) is 0 Å². The third-order valence-corrected chi connectivity index (χ3v) is 4.14. The van der Waals surface area contributed by atoms with Crippen LogP contribution in [0, 0.1) is 17.7 Å². The van der Waals surface area contributed by atoms with Gasteiger partial charge in [-0.05, 0) is 56.0 Å². The van der Waals surface area contributed by atoms with Crippen molar-refractivity contribution in [2.24, 2.45) is 11.8 Å². The van der Waals surface area contributed by atoms with Crippen molar-refractivity contribution in [3.8, 4) is 0 Å². The SMILES string of the molecule is CC(CC(=O)Nc1ccc(Cl)cc1F)C1CCNCC1. The van der Waals surface area contributed by atoms with Crippen LogP contribution in [0.15, 0.2) is 18.2 Å². The molecule has 1 saturated heterocycles. The zero-order valence-electron chi connectivity index (χ0n) is 11.6. The maximum Gasteiger partial charge on any atom is 0.224 e. The molecule has 0 saturated carbocycles. The van der Waals surface area contributed by atoms with Crippen LogP contribution in [0.2, 0.25) is 5.02 Å². The van der Waals surface area contributed by atoms with Crippen LogP contribution in [0.25, 0.3) is 0 Å². The van der Waals surface area contributed by atoms with Gasteiger partial charge in [-0.1, -0.05) is 18.5 Å². The first-order valence-corrected chi connectivity index (χ1v) is 7.39. The molecule has 0 bridgehead atoms. The number of carbonyl (C=O) groups is 1. The van der Waals surface area contributed by atoms with Crippen molar-refractivity contribution in [1.29, 1.82) is 0 Å². The Hall–Kier alpha value is -1.13. The Morgan fingerprint density at radius 2 is 2.20 bits per heavy atom. The van der Waals surface area contributed by atoms with Crippen LogP contribution in [-0.2, 0) is 4.79 Å². The van der Waals surface area contributed by atoms with Crippen molar-refractivity contribution < 1.29 is 9.18 Å². The number of hydrogen-bond acceptors (Lipinski definition) is 2. The van der Waals surface area contributed by atoms with Crippen molar-refractivity contribution in [1.82, 2.24) is 5.32 Å². The minimum atomic E-state index is -0.500. The van der Waals surface area contributed by atoms with E-state index < -0.39 is 5.82 Å². The fraction of sp³-hybridized carbons (Fsp3) is 0.533. The minimum Gasteiger partial charge on any atom is -0.324 e. The maximum atomic E-state index is 13.6. The average molecular weight is 299 g/mol. The zero-order valence-corrected chi connectivity index (χ0v) is 12.3. The van der Waals surface area contributed by atoms with E-state index in [1.54, 1.807) is 6.07 Å². The van der Waals surface area contributed by atoms with Gasteiger partial charge >= 0.3 is 0 Å². The van der Waals surface area contributed by atoms with Crippen LogP contribution in [0.1, 0.15) is 26.2 Å². The molecule has 3 nitrogen and oxygen atoms in total. The van der Waals surface area contributed by atoms with E-state index in [0.29, 0.717) is 23.3 Å². The Labute approximate surface area is 123 Å². The molecule has 1 aliphatic rings. The van der Waals surface area contributed by atoms with Crippen molar-refractivity contribution in [2.75, 3.05) is 18.4 Å². The summed E-state index contributed by atoms with van der Waals surface area (Å²) in [6.45, 7) is 4.12. The lowest BCUT2D eigenvalue weighted by molar-refractivity contribution is -0.117. The van der Waals surface area contributed by atoms with Gasteiger partial charge in [0.15, 0.2) is 0 Å². The van der Waals surface area contributed by atoms with E-state index in [4.69, 9.17) is 11.6 Å². The normalized spacial score (nSPS) is 17.8. The van der Waals surface area contributed by atoms with E-state index in [9.17, 15) is 9.18 Å². The molecule has 0 radical (unpaired) electrons. The summed E-state index contributed by atoms with van der Waals surface area (Å²) in [5.74, 6) is 0.238. The lowest BCUT2D eigenvalue weighted by Gasteiger charge is -2.27. The Kier molecular flexibility index (Phi) is 5.38. The van der Waals surface area contributed by atoms with Crippen LogP contribution in [0.4, 0.5) is 10.1 Å². The van der Waals surface area contributed by atoms with E-state index in [1.165, 1.54) is 12.1 Å². The molecule has 0 aromatic heterocycles. The first kappa shape index (κ1) is 15.3. The van der Waals surface area contributed by atoms with Gasteiger partial charge in [-0.15, -0.1) is 0 Å². The number of benzene rings is 1. The summed E-state index contributed by atoms with van der Waals surface area (Å²) in [6, 6.07) is 4.26. The van der Waals surface area contributed by atoms with E-state index in [-0.39, 0.29) is 11.6 Å². The fourth-order valence-corrected chi connectivity index (χ4v) is 2.82. The van der Waals surface area contributed by atoms with Gasteiger partial charge in [0.1, 0.15) is 5.82 Å². The minimum absolute atomic E-state index is 0.141. The first-order valence-electron chi connectivity index (χ1n) is 7.02. The van der Waals surface area contributed by atoms with Gasteiger partial charge in [-0.25, -0.2) is 4.39 Å². The lowest BCUT2D eigenvalue weighted by atomic mass is 9.84. The van der Waals surface area contributed by atoms with Crippen LogP contribution in [0.3, 0.4) is 0 Å². The quantitative estimate of drug-likeness (QED) is 0.894. The molecule has 1 fully saturated rings. The third kappa shape index (κ3) is 4.18. The van der Waals surface area contributed by atoms with Gasteiger partial charge in [0.05, 0.1) is 5.69 Å². The Balaban J connectivity index is 1.88. The molecule has 1 aromatic carbocycles. The monoisotopic (exact) mass is 298 g/mol. The first-order chi connectivity index (χ1) is 9.56. The molecule has 0 aliphatic carbocycles. The molecule has 1 unspecified atom stereocenters. The van der Waals surface area contributed by atoms with Gasteiger partial charge < -0.3 is 10.6 Å². The summed E-state index contributed by atoms with van der Waals surface area (Å²) in [6.07, 6.45) is 2.63. The van der Waals surface area contributed by atoms with Gasteiger partial charge in [-0.3, -0.25) is 4.79 Å². The third-order valence-electron chi connectivity index (χ3n) is 3.90. The molecule has 5 heteroatoms. The van der Waals surface area contributed by atoms with Gasteiger partial charge in [0.2, 0.25) is 5.91 Å². The molecule has 110 valence electrons. The largest absolute Gasteiger partial charge is 0.324 e. The van der Waals surface area contributed by atoms with Gasteiger partial charge in [0, 0.05) is 11.4 Å². The smallest absolute Gasteiger partial charge is 0.224 e. The number of hydrogen-bond donors (Lipinski definition) is 2. The van der Waals surface area contributed by atoms with Gasteiger partial charge in [-0.2, -0.15) is 0 Å². The summed E-state index contributed by atoms with van der Waals surface area (Å²) < 4.78 is 13.6. The van der Waals surface area contributed by atoms with E-state index >= 15 is 0 Å². The molecular formula is C15H20ClFN2O. The highest BCUT2D eigenvalue weighted by Crippen LogP contribution is 2.25. The number of halogens is 2. The van der Waals surface area contributed by atoms with Crippen LogP contribution in [-0.4, -0.2) is 19.0 Å². The highest BCUT2D eigenvalue weighted by molar-refractivity contribution is 6.30. The summed E-state index contributed by atoms with van der Waals surface area (Å²) in [5.41, 5.74) is 0.192. The molecule has 1 atom stereocenters. The molecule has 1 aliphatic heterocycles. The fourth-order valence-electron chi connectivity index (χ4n) is 2.66. The summed E-state index contributed by atoms with van der Waals surface area (Å²) >= 11 is 5.68. The zero-order chi connectivity index (χ0) is 14.5. The highest BCUT2D eigenvalue weighted by atomic mass is 35.5. The average Bonchev–Trinajstić information content (AvgIpc) is 2.43. The topological polar surface area (TPSA) is 41.1 Å². The molecule has 2 rings (SSSR count). The Morgan fingerprint density at radius 3 is 2.85 bits per heavy atom. The molecule has 0 spiro atoms. The number of nitrogens with one attached hydrogen (secondary N) is 2. The van der Waals surface area contributed by atoms with Crippen LogP contribution < -0.4 is 10.6 Å². The molecule has 2 N–H and O–H groups in total. The van der Waals surface area contributed by atoms with Crippen molar-refractivity contribution in [3.63, 3.8) is 0 Å². The predicted molar refractivity (Wildman–Crippen MR) is 79.4 cm³/mol. The second-order valence-corrected chi connectivity index (χ2v) is 5.88. The number of carbonyl (C=O) groups excluding carboxylic acids is 1. The molecule has 1 heterocycles.